The van der Waals surface area contributed by atoms with Crippen LogP contribution < -0.4 is 14.9 Å². The predicted octanol–water partition coefficient (Wildman–Crippen LogP) is 3.13. The third-order valence-corrected chi connectivity index (χ3v) is 3.67. The second-order valence-corrected chi connectivity index (χ2v) is 5.18. The molecule has 116 valence electrons. The maximum absolute atomic E-state index is 12.0. The number of aryl methyl sites for hydroxylation is 1. The van der Waals surface area contributed by atoms with Crippen molar-refractivity contribution in [2.24, 2.45) is 5.10 Å². The number of halogens is 1. The topological polar surface area (TPSA) is 73.1 Å². The number of amides is 1. The first-order valence-electron chi connectivity index (χ1n) is 6.36. The van der Waals surface area contributed by atoms with Crippen molar-refractivity contribution < 1.29 is 18.7 Å². The van der Waals surface area contributed by atoms with Crippen molar-refractivity contribution in [1.82, 2.24) is 5.43 Å². The van der Waals surface area contributed by atoms with Crippen molar-refractivity contribution in [3.63, 3.8) is 0 Å². The fraction of sp³-hybridized carbons (Fsp3) is 0.200. The van der Waals surface area contributed by atoms with Gasteiger partial charge in [0.2, 0.25) is 0 Å². The van der Waals surface area contributed by atoms with Crippen LogP contribution in [0.1, 0.15) is 21.9 Å². The first-order chi connectivity index (χ1) is 10.5. The molecule has 0 spiro atoms. The third kappa shape index (κ3) is 3.67. The number of nitrogens with zero attached hydrogens (tertiary/aromatic N) is 1. The van der Waals surface area contributed by atoms with Crippen molar-refractivity contribution >= 4 is 28.1 Å². The van der Waals surface area contributed by atoms with Crippen LogP contribution in [0.5, 0.6) is 11.5 Å². The highest BCUT2D eigenvalue weighted by molar-refractivity contribution is 9.10. The zero-order valence-electron chi connectivity index (χ0n) is 12.3. The van der Waals surface area contributed by atoms with Crippen molar-refractivity contribution in [2.75, 3.05) is 14.2 Å². The van der Waals surface area contributed by atoms with Gasteiger partial charge in [-0.05, 0) is 41.1 Å². The number of ether oxygens (including phenoxy) is 2. The van der Waals surface area contributed by atoms with Crippen LogP contribution in [0.4, 0.5) is 0 Å². The SMILES string of the molecule is COc1ccc(C(=O)N/N=C\c2cc(Br)c(C)o2)cc1OC. The van der Waals surface area contributed by atoms with E-state index in [1.54, 1.807) is 24.3 Å². The summed E-state index contributed by atoms with van der Waals surface area (Å²) in [7, 11) is 3.04. The Morgan fingerprint density at radius 1 is 1.27 bits per heavy atom. The number of hydrazone groups is 1. The van der Waals surface area contributed by atoms with Gasteiger partial charge in [0.25, 0.3) is 5.91 Å². The van der Waals surface area contributed by atoms with E-state index in [-0.39, 0.29) is 5.91 Å². The van der Waals surface area contributed by atoms with Crippen LogP contribution in [0.25, 0.3) is 0 Å². The molecule has 1 N–H and O–H groups in total. The maximum atomic E-state index is 12.0. The molecule has 1 amide bonds. The molecule has 2 aromatic rings. The van der Waals surface area contributed by atoms with Gasteiger partial charge in [0.15, 0.2) is 11.5 Å². The summed E-state index contributed by atoms with van der Waals surface area (Å²) in [5, 5.41) is 3.86. The minimum absolute atomic E-state index is 0.362. The standard InChI is InChI=1S/C15H15BrN2O4/c1-9-12(16)7-11(22-9)8-17-18-15(19)10-4-5-13(20-2)14(6-10)21-3/h4-8H,1-3H3,(H,18,19)/b17-8-. The Hall–Kier alpha value is -2.28. The number of hydrogen-bond acceptors (Lipinski definition) is 5. The van der Waals surface area contributed by atoms with Crippen LogP contribution in [-0.2, 0) is 0 Å². The molecule has 0 aliphatic heterocycles. The lowest BCUT2D eigenvalue weighted by Crippen LogP contribution is -2.17. The Bertz CT molecular complexity index is 690. The van der Waals surface area contributed by atoms with Gasteiger partial charge in [-0.15, -0.1) is 0 Å². The van der Waals surface area contributed by atoms with Gasteiger partial charge in [-0.3, -0.25) is 4.79 Å². The summed E-state index contributed by atoms with van der Waals surface area (Å²) in [6, 6.07) is 6.63. The molecule has 7 heteroatoms. The summed E-state index contributed by atoms with van der Waals surface area (Å²) < 4.78 is 16.5. The van der Waals surface area contributed by atoms with E-state index < -0.39 is 0 Å². The first-order valence-corrected chi connectivity index (χ1v) is 7.15. The Balaban J connectivity index is 2.06. The molecule has 1 aromatic heterocycles. The second kappa shape index (κ2) is 7.13. The number of hydrogen-bond donors (Lipinski definition) is 1. The van der Waals surface area contributed by atoms with Crippen LogP contribution in [-0.4, -0.2) is 26.3 Å². The van der Waals surface area contributed by atoms with Gasteiger partial charge in [-0.25, -0.2) is 5.43 Å². The van der Waals surface area contributed by atoms with Gasteiger partial charge in [0.1, 0.15) is 11.5 Å². The highest BCUT2D eigenvalue weighted by atomic mass is 79.9. The highest BCUT2D eigenvalue weighted by Crippen LogP contribution is 2.27. The van der Waals surface area contributed by atoms with Crippen LogP contribution >= 0.6 is 15.9 Å². The maximum Gasteiger partial charge on any atom is 0.271 e. The number of carbonyl (C=O) groups excluding carboxylic acids is 1. The minimum atomic E-state index is -0.362. The second-order valence-electron chi connectivity index (χ2n) is 4.32. The Kier molecular flexibility index (Phi) is 5.21. The van der Waals surface area contributed by atoms with Crippen molar-refractivity contribution in [1.29, 1.82) is 0 Å². The normalized spacial score (nSPS) is 10.7. The van der Waals surface area contributed by atoms with Crippen molar-refractivity contribution in [2.45, 2.75) is 6.92 Å². The highest BCUT2D eigenvalue weighted by Gasteiger charge is 2.10. The average molecular weight is 367 g/mol. The predicted molar refractivity (Wildman–Crippen MR) is 85.8 cm³/mol. The van der Waals surface area contributed by atoms with Gasteiger partial charge in [0.05, 0.1) is 24.9 Å². The van der Waals surface area contributed by atoms with Crippen molar-refractivity contribution in [3.8, 4) is 11.5 Å². The molecule has 0 atom stereocenters. The smallest absolute Gasteiger partial charge is 0.271 e. The third-order valence-electron chi connectivity index (χ3n) is 2.88. The molecule has 1 aromatic carbocycles. The Labute approximate surface area is 136 Å². The lowest BCUT2D eigenvalue weighted by molar-refractivity contribution is 0.0954. The van der Waals surface area contributed by atoms with E-state index in [9.17, 15) is 4.79 Å². The molecule has 0 bridgehead atoms. The molecule has 0 saturated heterocycles. The molecule has 0 saturated carbocycles. The molecule has 0 fully saturated rings. The number of methoxy groups -OCH3 is 2. The fourth-order valence-corrected chi connectivity index (χ4v) is 2.05. The Morgan fingerprint density at radius 3 is 2.59 bits per heavy atom. The zero-order valence-corrected chi connectivity index (χ0v) is 13.9. The number of rotatable bonds is 5. The summed E-state index contributed by atoms with van der Waals surface area (Å²) in [4.78, 5) is 12.0. The molecular weight excluding hydrogens is 352 g/mol. The average Bonchev–Trinajstić information content (AvgIpc) is 2.84. The number of benzene rings is 1. The molecule has 0 unspecified atom stereocenters. The largest absolute Gasteiger partial charge is 0.493 e. The molecule has 0 radical (unpaired) electrons. The number of furan rings is 1. The minimum Gasteiger partial charge on any atom is -0.493 e. The first kappa shape index (κ1) is 16.1. The van der Waals surface area contributed by atoms with E-state index in [4.69, 9.17) is 13.9 Å². The van der Waals surface area contributed by atoms with E-state index in [2.05, 4.69) is 26.5 Å². The van der Waals surface area contributed by atoms with Crippen LogP contribution in [0, 0.1) is 6.92 Å². The van der Waals surface area contributed by atoms with Crippen LogP contribution in [0.15, 0.2) is 38.3 Å². The molecular formula is C15H15BrN2O4. The zero-order chi connectivity index (χ0) is 16.1. The summed E-state index contributed by atoms with van der Waals surface area (Å²) in [6.45, 7) is 1.82. The van der Waals surface area contributed by atoms with Crippen LogP contribution in [0.3, 0.4) is 0 Å². The van der Waals surface area contributed by atoms with E-state index >= 15 is 0 Å². The lowest BCUT2D eigenvalue weighted by atomic mass is 10.2. The van der Waals surface area contributed by atoms with Gasteiger partial charge < -0.3 is 13.9 Å². The summed E-state index contributed by atoms with van der Waals surface area (Å²) in [5.74, 6) is 1.95. The molecule has 2 rings (SSSR count). The van der Waals surface area contributed by atoms with Gasteiger partial charge in [-0.2, -0.15) is 5.10 Å². The van der Waals surface area contributed by atoms with Gasteiger partial charge in [-0.1, -0.05) is 0 Å². The van der Waals surface area contributed by atoms with E-state index in [1.807, 2.05) is 6.92 Å². The molecule has 6 nitrogen and oxygen atoms in total. The monoisotopic (exact) mass is 366 g/mol. The molecule has 0 aliphatic rings. The number of carbonyl (C=O) groups is 1. The van der Waals surface area contributed by atoms with E-state index in [0.29, 0.717) is 22.8 Å². The van der Waals surface area contributed by atoms with E-state index in [1.165, 1.54) is 20.4 Å². The lowest BCUT2D eigenvalue weighted by Gasteiger charge is -2.08. The summed E-state index contributed by atoms with van der Waals surface area (Å²) in [5.41, 5.74) is 2.83. The quantitative estimate of drug-likeness (QED) is 0.651. The van der Waals surface area contributed by atoms with Crippen LogP contribution in [0.2, 0.25) is 0 Å². The van der Waals surface area contributed by atoms with Crippen molar-refractivity contribution in [3.05, 3.63) is 45.8 Å². The molecule has 22 heavy (non-hydrogen) atoms. The fourth-order valence-electron chi connectivity index (χ4n) is 1.74. The molecule has 1 heterocycles. The van der Waals surface area contributed by atoms with Gasteiger partial charge >= 0.3 is 0 Å². The molecule has 0 aliphatic carbocycles. The van der Waals surface area contributed by atoms with E-state index in [0.717, 1.165) is 10.2 Å². The summed E-state index contributed by atoms with van der Waals surface area (Å²) >= 11 is 3.33. The Morgan fingerprint density at radius 2 is 2.00 bits per heavy atom. The van der Waals surface area contributed by atoms with Gasteiger partial charge in [0, 0.05) is 11.6 Å². The summed E-state index contributed by atoms with van der Waals surface area (Å²) in [6.07, 6.45) is 1.43. The number of nitrogens with one attached hydrogen (secondary N) is 1.